The SMILES string of the molecule is N#CC(C#N)=COC[O-].[K+]. The summed E-state index contributed by atoms with van der Waals surface area (Å²) in [5.41, 5.74) is -0.203. The number of allylic oxidation sites excluding steroid dienone is 1. The summed E-state index contributed by atoms with van der Waals surface area (Å²) in [5.74, 6) is 0. The number of hydrogen-bond donors (Lipinski definition) is 0. The number of hydrogen-bond acceptors (Lipinski definition) is 4. The molecule has 0 heterocycles. The molecule has 4 nitrogen and oxygen atoms in total. The first kappa shape index (κ1) is 12.8. The Kier molecular flexibility index (Phi) is 11.6. The third-order valence-electron chi connectivity index (χ3n) is 0.510. The van der Waals surface area contributed by atoms with Crippen LogP contribution < -0.4 is 56.5 Å². The van der Waals surface area contributed by atoms with Gasteiger partial charge in [0.15, 0.2) is 5.57 Å². The smallest absolute Gasteiger partial charge is 0.824 e. The van der Waals surface area contributed by atoms with E-state index in [9.17, 15) is 5.11 Å². The van der Waals surface area contributed by atoms with Crippen LogP contribution in [-0.4, -0.2) is 6.79 Å². The number of ether oxygens (including phenoxy) is 1. The molecule has 0 spiro atoms. The van der Waals surface area contributed by atoms with Gasteiger partial charge >= 0.3 is 51.4 Å². The van der Waals surface area contributed by atoms with Crippen molar-refractivity contribution < 1.29 is 61.2 Å². The van der Waals surface area contributed by atoms with Crippen LogP contribution in [0.2, 0.25) is 0 Å². The van der Waals surface area contributed by atoms with E-state index in [1.54, 1.807) is 0 Å². The van der Waals surface area contributed by atoms with Crippen LogP contribution in [0.1, 0.15) is 0 Å². The van der Waals surface area contributed by atoms with E-state index in [2.05, 4.69) is 4.74 Å². The molecule has 0 saturated carbocycles. The van der Waals surface area contributed by atoms with Gasteiger partial charge in [-0.3, -0.25) is 0 Å². The Labute approximate surface area is 101 Å². The van der Waals surface area contributed by atoms with Gasteiger partial charge in [0, 0.05) is 6.79 Å². The largest absolute Gasteiger partial charge is 1.00 e. The summed E-state index contributed by atoms with van der Waals surface area (Å²) in [6.07, 6.45) is 0.840. The second-order valence-electron chi connectivity index (χ2n) is 1.04. The molecule has 0 fully saturated rings. The molecule has 0 aliphatic heterocycles. The molecule has 0 N–H and O–H groups in total. The minimum absolute atomic E-state index is 0. The van der Waals surface area contributed by atoms with Gasteiger partial charge in [-0.15, -0.1) is 0 Å². The van der Waals surface area contributed by atoms with Crippen molar-refractivity contribution in [2.45, 2.75) is 0 Å². The molecule has 0 radical (unpaired) electrons. The molecule has 0 unspecified atom stereocenters. The van der Waals surface area contributed by atoms with E-state index in [-0.39, 0.29) is 57.0 Å². The fraction of sp³-hybridized carbons (Fsp3) is 0.200. The van der Waals surface area contributed by atoms with E-state index in [1.807, 2.05) is 0 Å². The minimum atomic E-state index is -0.771. The molecule has 0 atom stereocenters. The minimum Gasteiger partial charge on any atom is -0.824 e. The van der Waals surface area contributed by atoms with E-state index in [0.717, 1.165) is 6.26 Å². The second kappa shape index (κ2) is 9.12. The van der Waals surface area contributed by atoms with Gasteiger partial charge in [0.25, 0.3) is 0 Å². The zero-order valence-electron chi connectivity index (χ0n) is 5.50. The van der Waals surface area contributed by atoms with Gasteiger partial charge in [-0.1, -0.05) is 0 Å². The quantitative estimate of drug-likeness (QED) is 0.181. The Morgan fingerprint density at radius 1 is 1.50 bits per heavy atom. The van der Waals surface area contributed by atoms with Crippen molar-refractivity contribution in [1.82, 2.24) is 0 Å². The van der Waals surface area contributed by atoms with Crippen LogP contribution in [0, 0.1) is 22.7 Å². The number of nitriles is 2. The molecule has 0 bridgehead atoms. The molecule has 46 valence electrons. The molecule has 0 aliphatic rings. The molecule has 0 rings (SSSR count). The van der Waals surface area contributed by atoms with Crippen LogP contribution in [0.5, 0.6) is 0 Å². The maximum absolute atomic E-state index is 9.58. The molecule has 0 aliphatic carbocycles. The van der Waals surface area contributed by atoms with Crippen molar-refractivity contribution in [2.75, 3.05) is 6.79 Å². The van der Waals surface area contributed by atoms with Crippen molar-refractivity contribution in [2.24, 2.45) is 0 Å². The van der Waals surface area contributed by atoms with E-state index < -0.39 is 6.79 Å². The molecule has 0 saturated heterocycles. The Balaban J connectivity index is 0. The summed E-state index contributed by atoms with van der Waals surface area (Å²) in [6, 6.07) is 3.05. The van der Waals surface area contributed by atoms with Gasteiger partial charge in [-0.05, 0) is 0 Å². The van der Waals surface area contributed by atoms with Gasteiger partial charge in [-0.25, -0.2) is 0 Å². The maximum atomic E-state index is 9.58. The fourth-order valence-corrected chi connectivity index (χ4v) is 0.195. The third-order valence-corrected chi connectivity index (χ3v) is 0.510. The molecule has 5 heteroatoms. The molecular formula is C5H3KN2O2. The summed E-state index contributed by atoms with van der Waals surface area (Å²) in [4.78, 5) is 0. The summed E-state index contributed by atoms with van der Waals surface area (Å²) in [7, 11) is 0. The van der Waals surface area contributed by atoms with E-state index in [1.165, 1.54) is 12.1 Å². The number of rotatable bonds is 2. The van der Waals surface area contributed by atoms with Crippen molar-refractivity contribution in [3.05, 3.63) is 11.8 Å². The van der Waals surface area contributed by atoms with Crippen LogP contribution in [0.3, 0.4) is 0 Å². The first-order chi connectivity index (χ1) is 4.35. The summed E-state index contributed by atoms with van der Waals surface area (Å²) in [5, 5.41) is 25.6. The molecule has 10 heavy (non-hydrogen) atoms. The molecule has 0 aromatic rings. The average molecular weight is 162 g/mol. The first-order valence-electron chi connectivity index (χ1n) is 2.05. The van der Waals surface area contributed by atoms with Crippen LogP contribution in [0.15, 0.2) is 11.8 Å². The zero-order chi connectivity index (χ0) is 7.11. The van der Waals surface area contributed by atoms with Crippen molar-refractivity contribution in [1.29, 1.82) is 10.5 Å². The van der Waals surface area contributed by atoms with Crippen LogP contribution in [-0.2, 0) is 4.74 Å². The normalized spacial score (nSPS) is 5.90. The van der Waals surface area contributed by atoms with Gasteiger partial charge in [0.05, 0.1) is 0 Å². The van der Waals surface area contributed by atoms with Crippen molar-refractivity contribution >= 4 is 0 Å². The predicted octanol–water partition coefficient (Wildman–Crippen LogP) is -3.74. The Morgan fingerprint density at radius 3 is 2.30 bits per heavy atom. The van der Waals surface area contributed by atoms with Gasteiger partial charge in [-0.2, -0.15) is 10.5 Å². The molecular weight excluding hydrogens is 159 g/mol. The summed E-state index contributed by atoms with van der Waals surface area (Å²) < 4.78 is 4.11. The third kappa shape index (κ3) is 6.24. The van der Waals surface area contributed by atoms with E-state index in [4.69, 9.17) is 10.5 Å². The molecule has 0 aromatic carbocycles. The summed E-state index contributed by atoms with van der Waals surface area (Å²) in [6.45, 7) is -0.771. The Hall–Kier alpha value is 0.116. The van der Waals surface area contributed by atoms with E-state index >= 15 is 0 Å². The first-order valence-corrected chi connectivity index (χ1v) is 2.05. The second-order valence-corrected chi connectivity index (χ2v) is 1.04. The van der Waals surface area contributed by atoms with Crippen LogP contribution in [0.4, 0.5) is 0 Å². The maximum Gasteiger partial charge on any atom is 1.00 e. The van der Waals surface area contributed by atoms with Crippen molar-refractivity contribution in [3.63, 3.8) is 0 Å². The average Bonchev–Trinajstić information content (AvgIpc) is 1.91. The Bertz CT molecular complexity index is 173. The Morgan fingerprint density at radius 2 is 2.00 bits per heavy atom. The predicted molar refractivity (Wildman–Crippen MR) is 25.3 cm³/mol. The fourth-order valence-electron chi connectivity index (χ4n) is 0.195. The van der Waals surface area contributed by atoms with Gasteiger partial charge < -0.3 is 9.84 Å². The van der Waals surface area contributed by atoms with E-state index in [0.29, 0.717) is 0 Å². The van der Waals surface area contributed by atoms with Crippen LogP contribution in [0.25, 0.3) is 0 Å². The van der Waals surface area contributed by atoms with Gasteiger partial charge in [0.1, 0.15) is 18.4 Å². The summed E-state index contributed by atoms with van der Waals surface area (Å²) >= 11 is 0. The van der Waals surface area contributed by atoms with Gasteiger partial charge in [0.2, 0.25) is 0 Å². The zero-order valence-corrected chi connectivity index (χ0v) is 8.62. The van der Waals surface area contributed by atoms with Crippen LogP contribution >= 0.6 is 0 Å². The monoisotopic (exact) mass is 162 g/mol. The molecule has 0 aromatic heterocycles. The van der Waals surface area contributed by atoms with Crippen molar-refractivity contribution in [3.8, 4) is 12.1 Å². The topological polar surface area (TPSA) is 79.9 Å². The number of nitrogens with zero attached hydrogens (tertiary/aromatic N) is 2. The molecule has 0 amide bonds. The standard InChI is InChI=1S/C5H3N2O2.K/c6-1-5(2-7)3-9-4-8;/h3H,4H2;/q-1;+1.